The van der Waals surface area contributed by atoms with Crippen LogP contribution in [-0.4, -0.2) is 17.7 Å². The maximum atomic E-state index is 11.2. The molecule has 0 aromatic rings. The molecule has 1 atom stereocenters. The van der Waals surface area contributed by atoms with Crippen LogP contribution >= 0.6 is 0 Å². The Bertz CT molecular complexity index is 185. The lowest BCUT2D eigenvalue weighted by atomic mass is 10.1. The summed E-state index contributed by atoms with van der Waals surface area (Å²) in [4.78, 5) is 11.2. The first-order valence-corrected chi connectivity index (χ1v) is 4.97. The predicted molar refractivity (Wildman–Crippen MR) is 56.8 cm³/mol. The highest BCUT2D eigenvalue weighted by atomic mass is 16.6. The topological polar surface area (TPSA) is 50.4 Å². The maximum absolute atomic E-state index is 11.2. The van der Waals surface area contributed by atoms with E-state index in [0.29, 0.717) is 5.92 Å². The van der Waals surface area contributed by atoms with Crippen molar-refractivity contribution in [2.24, 2.45) is 5.92 Å². The van der Waals surface area contributed by atoms with Crippen LogP contribution in [0.25, 0.3) is 0 Å². The Morgan fingerprint density at radius 2 is 1.71 bits per heavy atom. The fraction of sp³-hybridized carbons (Fsp3) is 0.900. The summed E-state index contributed by atoms with van der Waals surface area (Å²) < 4.78 is 5.06. The number of ether oxygens (including phenoxy) is 1. The van der Waals surface area contributed by atoms with Gasteiger partial charge in [0.2, 0.25) is 0 Å². The molecule has 0 radical (unpaired) electrons. The number of carbonyl (C=O) groups excluding carboxylic acids is 1. The van der Waals surface area contributed by atoms with Crippen LogP contribution in [0.4, 0.5) is 4.79 Å². The number of rotatable bonds is 3. The van der Waals surface area contributed by atoms with Crippen molar-refractivity contribution in [3.63, 3.8) is 0 Å². The lowest BCUT2D eigenvalue weighted by molar-refractivity contribution is 0.0484. The van der Waals surface area contributed by atoms with Crippen LogP contribution < -0.4 is 10.9 Å². The molecule has 0 aliphatic heterocycles. The summed E-state index contributed by atoms with van der Waals surface area (Å²) in [5, 5.41) is 0. The van der Waals surface area contributed by atoms with Crippen LogP contribution in [0.15, 0.2) is 0 Å². The molecule has 84 valence electrons. The molecule has 0 bridgehead atoms. The first-order valence-electron chi connectivity index (χ1n) is 4.97. The monoisotopic (exact) mass is 202 g/mol. The minimum Gasteiger partial charge on any atom is -0.443 e. The first-order chi connectivity index (χ1) is 6.22. The van der Waals surface area contributed by atoms with Gasteiger partial charge in [0.15, 0.2) is 0 Å². The van der Waals surface area contributed by atoms with Gasteiger partial charge in [-0.15, -0.1) is 0 Å². The number of hydrogen-bond donors (Lipinski definition) is 2. The molecule has 0 aromatic heterocycles. The second-order valence-electron chi connectivity index (χ2n) is 4.80. The Balaban J connectivity index is 3.75. The molecule has 14 heavy (non-hydrogen) atoms. The van der Waals surface area contributed by atoms with E-state index in [4.69, 9.17) is 4.74 Å². The largest absolute Gasteiger partial charge is 0.443 e. The summed E-state index contributed by atoms with van der Waals surface area (Å²) in [7, 11) is 0. The summed E-state index contributed by atoms with van der Waals surface area (Å²) in [6, 6.07) is 0.225. The second-order valence-corrected chi connectivity index (χ2v) is 4.80. The lowest BCUT2D eigenvalue weighted by Gasteiger charge is -2.22. The van der Waals surface area contributed by atoms with Crippen LogP contribution in [0.3, 0.4) is 0 Å². The van der Waals surface area contributed by atoms with Crippen molar-refractivity contribution in [3.8, 4) is 0 Å². The zero-order valence-electron chi connectivity index (χ0n) is 9.97. The number of amides is 1. The van der Waals surface area contributed by atoms with Gasteiger partial charge in [0, 0.05) is 6.04 Å². The van der Waals surface area contributed by atoms with E-state index in [2.05, 4.69) is 24.7 Å². The van der Waals surface area contributed by atoms with Gasteiger partial charge in [-0.05, 0) is 33.6 Å². The van der Waals surface area contributed by atoms with E-state index in [0.717, 1.165) is 0 Å². The number of carbonyl (C=O) groups is 1. The van der Waals surface area contributed by atoms with E-state index >= 15 is 0 Å². The van der Waals surface area contributed by atoms with Crippen molar-refractivity contribution in [1.29, 1.82) is 0 Å². The fourth-order valence-electron chi connectivity index (χ4n) is 0.643. The van der Waals surface area contributed by atoms with E-state index < -0.39 is 11.7 Å². The highest BCUT2D eigenvalue weighted by molar-refractivity contribution is 5.66. The predicted octanol–water partition coefficient (Wildman–Crippen LogP) is 2.06. The molecule has 0 fully saturated rings. The Morgan fingerprint density at radius 1 is 1.21 bits per heavy atom. The third-order valence-corrected chi connectivity index (χ3v) is 1.80. The molecule has 1 unspecified atom stereocenters. The molecule has 0 saturated carbocycles. The zero-order valence-corrected chi connectivity index (χ0v) is 9.97. The van der Waals surface area contributed by atoms with Gasteiger partial charge in [-0.25, -0.2) is 10.2 Å². The molecule has 0 aliphatic carbocycles. The van der Waals surface area contributed by atoms with E-state index in [1.807, 2.05) is 27.7 Å². The Labute approximate surface area is 86.4 Å². The summed E-state index contributed by atoms with van der Waals surface area (Å²) in [5.41, 5.74) is 4.94. The fourth-order valence-corrected chi connectivity index (χ4v) is 0.643. The van der Waals surface area contributed by atoms with E-state index in [9.17, 15) is 4.79 Å². The highest BCUT2D eigenvalue weighted by Crippen LogP contribution is 2.06. The van der Waals surface area contributed by atoms with Crippen LogP contribution in [0.1, 0.15) is 41.5 Å². The molecule has 0 rings (SSSR count). The van der Waals surface area contributed by atoms with Crippen LogP contribution in [-0.2, 0) is 4.74 Å². The van der Waals surface area contributed by atoms with Gasteiger partial charge < -0.3 is 4.74 Å². The summed E-state index contributed by atoms with van der Waals surface area (Å²) in [5.74, 6) is 0.463. The molecular formula is C10H22N2O2. The van der Waals surface area contributed by atoms with Crippen LogP contribution in [0.2, 0.25) is 0 Å². The van der Waals surface area contributed by atoms with Crippen molar-refractivity contribution < 1.29 is 9.53 Å². The van der Waals surface area contributed by atoms with Crippen molar-refractivity contribution in [1.82, 2.24) is 10.9 Å². The molecule has 0 saturated heterocycles. The van der Waals surface area contributed by atoms with Gasteiger partial charge in [-0.3, -0.25) is 5.43 Å². The molecule has 0 aliphatic rings. The number of hydrogen-bond acceptors (Lipinski definition) is 3. The van der Waals surface area contributed by atoms with E-state index in [1.54, 1.807) is 0 Å². The highest BCUT2D eigenvalue weighted by Gasteiger charge is 2.16. The van der Waals surface area contributed by atoms with Crippen molar-refractivity contribution >= 4 is 6.09 Å². The molecule has 4 nitrogen and oxygen atoms in total. The van der Waals surface area contributed by atoms with E-state index in [1.165, 1.54) is 0 Å². The lowest BCUT2D eigenvalue weighted by Crippen LogP contribution is -2.47. The zero-order chi connectivity index (χ0) is 11.4. The number of nitrogens with one attached hydrogen (secondary N) is 2. The molecule has 0 heterocycles. The average Bonchev–Trinajstić information content (AvgIpc) is 1.96. The SMILES string of the molecule is CC(C)C(C)NNC(=O)OC(C)(C)C. The Kier molecular flexibility index (Phi) is 4.91. The minimum absolute atomic E-state index is 0.225. The molecule has 4 heteroatoms. The van der Waals surface area contributed by atoms with Crippen molar-refractivity contribution in [2.75, 3.05) is 0 Å². The van der Waals surface area contributed by atoms with Gasteiger partial charge in [-0.1, -0.05) is 13.8 Å². The van der Waals surface area contributed by atoms with Crippen molar-refractivity contribution in [2.45, 2.75) is 53.2 Å². The standard InChI is InChI=1S/C10H22N2O2/c1-7(2)8(3)11-12-9(13)14-10(4,5)6/h7-8,11H,1-6H3,(H,12,13). The Hall–Kier alpha value is -0.770. The van der Waals surface area contributed by atoms with Crippen LogP contribution in [0, 0.1) is 5.92 Å². The molecule has 0 spiro atoms. The number of hydrazine groups is 1. The summed E-state index contributed by atoms with van der Waals surface area (Å²) >= 11 is 0. The van der Waals surface area contributed by atoms with Crippen molar-refractivity contribution in [3.05, 3.63) is 0 Å². The summed E-state index contributed by atoms with van der Waals surface area (Å²) in [6.45, 7) is 11.7. The quantitative estimate of drug-likeness (QED) is 0.689. The van der Waals surface area contributed by atoms with Gasteiger partial charge in [0.25, 0.3) is 0 Å². The normalized spacial score (nSPS) is 13.9. The third kappa shape index (κ3) is 6.71. The Morgan fingerprint density at radius 3 is 2.07 bits per heavy atom. The second kappa shape index (κ2) is 5.20. The third-order valence-electron chi connectivity index (χ3n) is 1.80. The molecular weight excluding hydrogens is 180 g/mol. The van der Waals surface area contributed by atoms with Gasteiger partial charge in [-0.2, -0.15) is 0 Å². The summed E-state index contributed by atoms with van der Waals surface area (Å²) in [6.07, 6.45) is -0.440. The average molecular weight is 202 g/mol. The molecule has 2 N–H and O–H groups in total. The van der Waals surface area contributed by atoms with Gasteiger partial charge in [0.1, 0.15) is 5.60 Å². The van der Waals surface area contributed by atoms with Gasteiger partial charge >= 0.3 is 6.09 Å². The maximum Gasteiger partial charge on any atom is 0.422 e. The molecule has 1 amide bonds. The smallest absolute Gasteiger partial charge is 0.422 e. The van der Waals surface area contributed by atoms with Gasteiger partial charge in [0.05, 0.1) is 0 Å². The first kappa shape index (κ1) is 13.2. The minimum atomic E-state index is -0.452. The van der Waals surface area contributed by atoms with E-state index in [-0.39, 0.29) is 6.04 Å². The molecule has 0 aromatic carbocycles. The van der Waals surface area contributed by atoms with Crippen LogP contribution in [0.5, 0.6) is 0 Å².